The van der Waals surface area contributed by atoms with E-state index in [1.165, 1.54) is 6.07 Å². The minimum atomic E-state index is -0.706. The highest BCUT2D eigenvalue weighted by molar-refractivity contribution is 5.32. The van der Waals surface area contributed by atoms with Gasteiger partial charge in [-0.2, -0.15) is 0 Å². The summed E-state index contributed by atoms with van der Waals surface area (Å²) in [6.07, 6.45) is 10.0. The Kier molecular flexibility index (Phi) is 10.9. The second kappa shape index (κ2) is 14.4. The van der Waals surface area contributed by atoms with Crippen LogP contribution in [0.3, 0.4) is 0 Å². The fourth-order valence-corrected chi connectivity index (χ4v) is 6.30. The molecule has 0 heterocycles. The molecule has 1 atom stereocenters. The van der Waals surface area contributed by atoms with E-state index in [-0.39, 0.29) is 42.4 Å². The number of rotatable bonds is 12. The number of ether oxygens (including phenoxy) is 2. The maximum atomic E-state index is 15.2. The highest BCUT2D eigenvalue weighted by Crippen LogP contribution is 2.42. The van der Waals surface area contributed by atoms with Crippen molar-refractivity contribution in [1.82, 2.24) is 0 Å². The highest BCUT2D eigenvalue weighted by Gasteiger charge is 2.31. The number of aliphatic hydroxyl groups is 1. The lowest BCUT2D eigenvalue weighted by molar-refractivity contribution is 0.0118. The molecule has 6 heteroatoms. The zero-order chi connectivity index (χ0) is 27.8. The molecular weight excluding hydrogens is 501 g/mol. The molecular formula is C33H43F3O3. The summed E-state index contributed by atoms with van der Waals surface area (Å²) in [6.45, 7) is 6.34. The van der Waals surface area contributed by atoms with E-state index in [1.54, 1.807) is 30.3 Å². The lowest BCUT2D eigenvalue weighted by atomic mass is 9.75. The molecule has 0 aliphatic heterocycles. The molecule has 1 unspecified atom stereocenters. The smallest absolute Gasteiger partial charge is 0.162 e. The van der Waals surface area contributed by atoms with Crippen LogP contribution in [0.5, 0.6) is 5.75 Å². The molecule has 2 aromatic rings. The van der Waals surface area contributed by atoms with Crippen molar-refractivity contribution in [2.75, 3.05) is 6.61 Å². The second-order valence-electron chi connectivity index (χ2n) is 11.3. The summed E-state index contributed by atoms with van der Waals surface area (Å²) in [4.78, 5) is 0. The molecule has 0 radical (unpaired) electrons. The van der Waals surface area contributed by atoms with Crippen molar-refractivity contribution >= 4 is 0 Å². The van der Waals surface area contributed by atoms with Crippen molar-refractivity contribution in [2.24, 2.45) is 5.92 Å². The van der Waals surface area contributed by atoms with Crippen LogP contribution in [0.2, 0.25) is 0 Å². The molecule has 0 amide bonds. The Bertz CT molecular complexity index is 1070. The average molecular weight is 545 g/mol. The van der Waals surface area contributed by atoms with Crippen LogP contribution in [-0.2, 0) is 11.3 Å². The van der Waals surface area contributed by atoms with E-state index in [1.807, 2.05) is 0 Å². The summed E-state index contributed by atoms with van der Waals surface area (Å²) in [5, 5.41) is 10.3. The van der Waals surface area contributed by atoms with Crippen LogP contribution in [0.1, 0.15) is 106 Å². The Morgan fingerprint density at radius 3 is 2.10 bits per heavy atom. The van der Waals surface area contributed by atoms with E-state index >= 15 is 8.78 Å². The van der Waals surface area contributed by atoms with Gasteiger partial charge in [0.05, 0.1) is 25.4 Å². The van der Waals surface area contributed by atoms with Gasteiger partial charge in [-0.3, -0.25) is 0 Å². The van der Waals surface area contributed by atoms with Crippen molar-refractivity contribution in [1.29, 1.82) is 0 Å². The molecule has 2 fully saturated rings. The molecule has 2 saturated carbocycles. The topological polar surface area (TPSA) is 38.7 Å². The number of aliphatic hydroxyl groups excluding tert-OH is 1. The van der Waals surface area contributed by atoms with Gasteiger partial charge in [-0.15, -0.1) is 6.58 Å². The molecule has 1 N–H and O–H groups in total. The highest BCUT2D eigenvalue weighted by atomic mass is 19.2. The summed E-state index contributed by atoms with van der Waals surface area (Å²) in [5.74, 6) is -1.05. The number of halogens is 3. The first-order valence-electron chi connectivity index (χ1n) is 14.7. The van der Waals surface area contributed by atoms with Crippen LogP contribution in [0.25, 0.3) is 0 Å². The van der Waals surface area contributed by atoms with Gasteiger partial charge in [0.2, 0.25) is 0 Å². The lowest BCUT2D eigenvalue weighted by Crippen LogP contribution is -2.25. The van der Waals surface area contributed by atoms with Crippen LogP contribution in [0, 0.1) is 23.4 Å². The van der Waals surface area contributed by atoms with Crippen LogP contribution in [-0.4, -0.2) is 23.9 Å². The van der Waals surface area contributed by atoms with Crippen molar-refractivity contribution in [3.8, 4) is 5.75 Å². The zero-order valence-corrected chi connectivity index (χ0v) is 23.1. The Hall–Kier alpha value is -2.31. The molecule has 2 aromatic carbocycles. The molecule has 4 rings (SSSR count). The van der Waals surface area contributed by atoms with E-state index in [2.05, 4.69) is 13.5 Å². The fourth-order valence-electron chi connectivity index (χ4n) is 6.30. The van der Waals surface area contributed by atoms with Crippen LogP contribution in [0.4, 0.5) is 13.2 Å². The summed E-state index contributed by atoms with van der Waals surface area (Å²) in [5.41, 5.74) is 1.42. The van der Waals surface area contributed by atoms with Gasteiger partial charge in [-0.25, -0.2) is 13.2 Å². The number of hydrogen-bond acceptors (Lipinski definition) is 3. The van der Waals surface area contributed by atoms with Gasteiger partial charge in [-0.1, -0.05) is 37.6 Å². The Labute approximate surface area is 231 Å². The molecule has 39 heavy (non-hydrogen) atoms. The summed E-state index contributed by atoms with van der Waals surface area (Å²) in [7, 11) is 0. The molecule has 2 aliphatic carbocycles. The predicted molar refractivity (Wildman–Crippen MR) is 148 cm³/mol. The standard InChI is InChI=1S/C33H43F3O3/c1-3-5-19-38-27-16-13-25(30(34)20-27)21-39-26-14-11-23(12-15-26)29-18-17-28(32(35)33(29)36)22-7-9-24(10-8-22)31(37)6-4-2/h3,13,16-18,20,22-24,26,31,37H,1,4-12,14-15,19,21H2,2H3. The minimum Gasteiger partial charge on any atom is -0.493 e. The van der Waals surface area contributed by atoms with Gasteiger partial charge in [0.1, 0.15) is 11.6 Å². The Morgan fingerprint density at radius 1 is 0.923 bits per heavy atom. The van der Waals surface area contributed by atoms with E-state index in [9.17, 15) is 9.50 Å². The monoisotopic (exact) mass is 544 g/mol. The van der Waals surface area contributed by atoms with Gasteiger partial charge in [0, 0.05) is 11.6 Å². The SMILES string of the molecule is C=CCCOc1ccc(COC2CCC(c3ccc(C4CCC(C(O)CCC)CC4)c(F)c3F)CC2)c(F)c1. The van der Waals surface area contributed by atoms with Gasteiger partial charge >= 0.3 is 0 Å². The van der Waals surface area contributed by atoms with E-state index in [4.69, 9.17) is 9.47 Å². The first kappa shape index (κ1) is 29.7. The summed E-state index contributed by atoms with van der Waals surface area (Å²) >= 11 is 0. The minimum absolute atomic E-state index is 0.0101. The molecule has 2 aliphatic rings. The quantitative estimate of drug-likeness (QED) is 0.214. The molecule has 214 valence electrons. The molecule has 0 aromatic heterocycles. The third-order valence-electron chi connectivity index (χ3n) is 8.69. The predicted octanol–water partition coefficient (Wildman–Crippen LogP) is 8.74. The molecule has 0 bridgehead atoms. The van der Waals surface area contributed by atoms with E-state index < -0.39 is 11.6 Å². The van der Waals surface area contributed by atoms with Crippen molar-refractivity contribution in [3.63, 3.8) is 0 Å². The van der Waals surface area contributed by atoms with Crippen molar-refractivity contribution in [3.05, 3.63) is 77.1 Å². The third kappa shape index (κ3) is 7.67. The van der Waals surface area contributed by atoms with Crippen LogP contribution >= 0.6 is 0 Å². The largest absolute Gasteiger partial charge is 0.493 e. The number of hydrogen-bond donors (Lipinski definition) is 1. The lowest BCUT2D eigenvalue weighted by Gasteiger charge is -2.32. The molecule has 0 saturated heterocycles. The fraction of sp³-hybridized carbons (Fsp3) is 0.576. The maximum absolute atomic E-state index is 15.2. The molecule has 3 nitrogen and oxygen atoms in total. The van der Waals surface area contributed by atoms with Crippen LogP contribution in [0.15, 0.2) is 43.0 Å². The van der Waals surface area contributed by atoms with Gasteiger partial charge in [0.15, 0.2) is 11.6 Å². The van der Waals surface area contributed by atoms with Gasteiger partial charge < -0.3 is 14.6 Å². The normalized spacial score (nSPS) is 24.3. The number of benzene rings is 2. The van der Waals surface area contributed by atoms with E-state index in [0.29, 0.717) is 48.3 Å². The summed E-state index contributed by atoms with van der Waals surface area (Å²) < 4.78 is 56.4. The average Bonchev–Trinajstić information content (AvgIpc) is 2.95. The Morgan fingerprint density at radius 2 is 1.54 bits per heavy atom. The Balaban J connectivity index is 1.27. The maximum Gasteiger partial charge on any atom is 0.162 e. The third-order valence-corrected chi connectivity index (χ3v) is 8.69. The first-order chi connectivity index (χ1) is 18.9. The van der Waals surface area contributed by atoms with Crippen molar-refractivity contribution in [2.45, 2.75) is 108 Å². The second-order valence-corrected chi connectivity index (χ2v) is 11.3. The first-order valence-corrected chi connectivity index (χ1v) is 14.7. The molecule has 0 spiro atoms. The van der Waals surface area contributed by atoms with Gasteiger partial charge in [-0.05, 0) is 99.2 Å². The summed E-state index contributed by atoms with van der Waals surface area (Å²) in [6, 6.07) is 8.37. The van der Waals surface area contributed by atoms with Gasteiger partial charge in [0.25, 0.3) is 0 Å². The van der Waals surface area contributed by atoms with E-state index in [0.717, 1.165) is 51.4 Å². The zero-order valence-electron chi connectivity index (χ0n) is 23.1. The van der Waals surface area contributed by atoms with Crippen molar-refractivity contribution < 1.29 is 27.8 Å². The van der Waals surface area contributed by atoms with Crippen LogP contribution < -0.4 is 4.74 Å².